The van der Waals surface area contributed by atoms with Gasteiger partial charge in [0.2, 0.25) is 0 Å². The molecule has 0 aromatic carbocycles. The number of nitrogens with one attached hydrogen (secondary N) is 1. The first-order chi connectivity index (χ1) is 9.52. The molecule has 2 heterocycles. The summed E-state index contributed by atoms with van der Waals surface area (Å²) in [7, 11) is 1.28. The van der Waals surface area contributed by atoms with Crippen LogP contribution < -0.4 is 5.32 Å². The summed E-state index contributed by atoms with van der Waals surface area (Å²) in [6.07, 6.45) is 3.72. The number of amides is 1. The molecule has 106 valence electrons. The number of aryl methyl sites for hydroxylation is 1. The molecular weight excluding hydrogens is 278 g/mol. The molecule has 0 spiro atoms. The minimum Gasteiger partial charge on any atom is -0.467 e. The maximum atomic E-state index is 12.1. The van der Waals surface area contributed by atoms with Crippen LogP contribution in [0.4, 0.5) is 0 Å². The first kappa shape index (κ1) is 14.3. The first-order valence-corrected chi connectivity index (χ1v) is 6.84. The summed E-state index contributed by atoms with van der Waals surface area (Å²) in [5.41, 5.74) is 0.633. The van der Waals surface area contributed by atoms with E-state index in [0.29, 0.717) is 15.7 Å². The molecule has 1 atom stereocenters. The predicted octanol–water partition coefficient (Wildman–Crippen LogP) is 1.53. The molecular formula is C13H15N3O3S. The van der Waals surface area contributed by atoms with Crippen LogP contribution >= 0.6 is 11.3 Å². The van der Waals surface area contributed by atoms with Crippen LogP contribution in [0, 0.1) is 6.92 Å². The Hall–Kier alpha value is -2.15. The van der Waals surface area contributed by atoms with Crippen LogP contribution in [-0.2, 0) is 9.53 Å². The highest BCUT2D eigenvalue weighted by Crippen LogP contribution is 2.21. The molecule has 0 saturated carbocycles. The smallest absolute Gasteiger partial charge is 0.328 e. The largest absolute Gasteiger partial charge is 0.467 e. The second-order valence-electron chi connectivity index (χ2n) is 4.22. The summed E-state index contributed by atoms with van der Waals surface area (Å²) in [6, 6.07) is 3.08. The standard InChI is InChI=1S/C13H15N3O3S/c1-8-10(11(17)14-9(2)12(18)19-3)20-13(15-8)16-6-4-5-7-16/h4-7,9H,1-3H3,(H,14,17). The summed E-state index contributed by atoms with van der Waals surface area (Å²) >= 11 is 1.27. The summed E-state index contributed by atoms with van der Waals surface area (Å²) in [5, 5.41) is 3.31. The Labute approximate surface area is 120 Å². The lowest BCUT2D eigenvalue weighted by molar-refractivity contribution is -0.142. The summed E-state index contributed by atoms with van der Waals surface area (Å²) in [6.45, 7) is 3.34. The van der Waals surface area contributed by atoms with E-state index >= 15 is 0 Å². The van der Waals surface area contributed by atoms with Crippen LogP contribution in [-0.4, -0.2) is 34.6 Å². The van der Waals surface area contributed by atoms with Crippen molar-refractivity contribution in [3.05, 3.63) is 35.1 Å². The van der Waals surface area contributed by atoms with E-state index in [1.807, 2.05) is 29.1 Å². The van der Waals surface area contributed by atoms with E-state index in [-0.39, 0.29) is 5.91 Å². The summed E-state index contributed by atoms with van der Waals surface area (Å²) in [4.78, 5) is 28.3. The normalized spacial score (nSPS) is 11.9. The van der Waals surface area contributed by atoms with E-state index in [1.54, 1.807) is 13.8 Å². The molecule has 2 aromatic rings. The second-order valence-corrected chi connectivity index (χ2v) is 5.20. The van der Waals surface area contributed by atoms with Crippen molar-refractivity contribution in [2.24, 2.45) is 0 Å². The molecule has 1 unspecified atom stereocenters. The van der Waals surface area contributed by atoms with Crippen LogP contribution in [0.15, 0.2) is 24.5 Å². The number of hydrogen-bond donors (Lipinski definition) is 1. The number of nitrogens with zero attached hydrogens (tertiary/aromatic N) is 2. The van der Waals surface area contributed by atoms with Crippen molar-refractivity contribution in [2.75, 3.05) is 7.11 Å². The Morgan fingerprint density at radius 1 is 1.40 bits per heavy atom. The number of methoxy groups -OCH3 is 1. The van der Waals surface area contributed by atoms with Crippen LogP contribution in [0.1, 0.15) is 22.3 Å². The zero-order valence-corrected chi connectivity index (χ0v) is 12.2. The molecule has 2 aromatic heterocycles. The zero-order valence-electron chi connectivity index (χ0n) is 11.4. The number of thiazole rings is 1. The predicted molar refractivity (Wildman–Crippen MR) is 75.1 cm³/mol. The van der Waals surface area contributed by atoms with Gasteiger partial charge in [-0.3, -0.25) is 4.79 Å². The average Bonchev–Trinajstić information content (AvgIpc) is 3.06. The van der Waals surface area contributed by atoms with E-state index in [0.717, 1.165) is 0 Å². The number of hydrogen-bond acceptors (Lipinski definition) is 5. The lowest BCUT2D eigenvalue weighted by Crippen LogP contribution is -2.39. The SMILES string of the molecule is COC(=O)C(C)NC(=O)c1sc(-n2cccc2)nc1C. The van der Waals surface area contributed by atoms with E-state index < -0.39 is 12.0 Å². The lowest BCUT2D eigenvalue weighted by atomic mass is 10.3. The average molecular weight is 293 g/mol. The van der Waals surface area contributed by atoms with E-state index in [4.69, 9.17) is 0 Å². The Morgan fingerprint density at radius 3 is 2.65 bits per heavy atom. The third-order valence-electron chi connectivity index (χ3n) is 2.72. The molecule has 0 aliphatic carbocycles. The molecule has 2 rings (SSSR count). The number of ether oxygens (including phenoxy) is 1. The minimum atomic E-state index is -0.691. The zero-order chi connectivity index (χ0) is 14.7. The Morgan fingerprint density at radius 2 is 2.05 bits per heavy atom. The van der Waals surface area contributed by atoms with Crippen molar-refractivity contribution in [3.63, 3.8) is 0 Å². The highest BCUT2D eigenvalue weighted by Gasteiger charge is 2.21. The third-order valence-corrected chi connectivity index (χ3v) is 3.89. The number of carbonyl (C=O) groups is 2. The molecule has 0 aliphatic rings. The van der Waals surface area contributed by atoms with Gasteiger partial charge in [0, 0.05) is 12.4 Å². The van der Waals surface area contributed by atoms with Crippen molar-refractivity contribution in [1.82, 2.24) is 14.9 Å². The molecule has 6 nitrogen and oxygen atoms in total. The van der Waals surface area contributed by atoms with Gasteiger partial charge in [-0.15, -0.1) is 0 Å². The van der Waals surface area contributed by atoms with Gasteiger partial charge in [-0.2, -0.15) is 0 Å². The highest BCUT2D eigenvalue weighted by atomic mass is 32.1. The Balaban J connectivity index is 2.17. The molecule has 0 bridgehead atoms. The van der Waals surface area contributed by atoms with Crippen molar-refractivity contribution in [2.45, 2.75) is 19.9 Å². The van der Waals surface area contributed by atoms with E-state index in [2.05, 4.69) is 15.0 Å². The lowest BCUT2D eigenvalue weighted by Gasteiger charge is -2.10. The maximum Gasteiger partial charge on any atom is 0.328 e. The molecule has 1 amide bonds. The fourth-order valence-electron chi connectivity index (χ4n) is 1.66. The van der Waals surface area contributed by atoms with Gasteiger partial charge >= 0.3 is 5.97 Å². The Kier molecular flexibility index (Phi) is 4.19. The van der Waals surface area contributed by atoms with Gasteiger partial charge < -0.3 is 14.6 Å². The second kappa shape index (κ2) is 5.87. The van der Waals surface area contributed by atoms with Crippen molar-refractivity contribution in [1.29, 1.82) is 0 Å². The quantitative estimate of drug-likeness (QED) is 0.868. The molecule has 0 saturated heterocycles. The molecule has 20 heavy (non-hydrogen) atoms. The summed E-state index contributed by atoms with van der Waals surface area (Å²) < 4.78 is 6.40. The molecule has 1 N–H and O–H groups in total. The molecule has 0 aliphatic heterocycles. The van der Waals surface area contributed by atoms with Crippen molar-refractivity contribution < 1.29 is 14.3 Å². The van der Waals surface area contributed by atoms with Gasteiger partial charge in [-0.25, -0.2) is 9.78 Å². The Bertz CT molecular complexity index is 619. The summed E-state index contributed by atoms with van der Waals surface area (Å²) in [5.74, 6) is -0.803. The molecule has 0 fully saturated rings. The van der Waals surface area contributed by atoms with Gasteiger partial charge in [0.1, 0.15) is 10.9 Å². The maximum absolute atomic E-state index is 12.1. The third kappa shape index (κ3) is 2.88. The number of carbonyl (C=O) groups excluding carboxylic acids is 2. The topological polar surface area (TPSA) is 73.2 Å². The highest BCUT2D eigenvalue weighted by molar-refractivity contribution is 7.16. The number of esters is 1. The van der Waals surface area contributed by atoms with Gasteiger partial charge in [0.15, 0.2) is 5.13 Å². The monoisotopic (exact) mass is 293 g/mol. The number of rotatable bonds is 4. The minimum absolute atomic E-state index is 0.323. The van der Waals surface area contributed by atoms with Crippen LogP contribution in [0.25, 0.3) is 5.13 Å². The van der Waals surface area contributed by atoms with Crippen LogP contribution in [0.2, 0.25) is 0 Å². The van der Waals surface area contributed by atoms with Crippen LogP contribution in [0.3, 0.4) is 0 Å². The fourth-order valence-corrected chi connectivity index (χ4v) is 2.60. The van der Waals surface area contributed by atoms with Crippen molar-refractivity contribution >= 4 is 23.2 Å². The van der Waals surface area contributed by atoms with Crippen molar-refractivity contribution in [3.8, 4) is 5.13 Å². The fraction of sp³-hybridized carbons (Fsp3) is 0.308. The molecule has 7 heteroatoms. The van der Waals surface area contributed by atoms with E-state index in [9.17, 15) is 9.59 Å². The van der Waals surface area contributed by atoms with Gasteiger partial charge in [-0.05, 0) is 26.0 Å². The van der Waals surface area contributed by atoms with Crippen LogP contribution in [0.5, 0.6) is 0 Å². The van der Waals surface area contributed by atoms with Gasteiger partial charge in [0.25, 0.3) is 5.91 Å². The van der Waals surface area contributed by atoms with E-state index in [1.165, 1.54) is 18.4 Å². The van der Waals surface area contributed by atoms with Gasteiger partial charge in [0.05, 0.1) is 12.8 Å². The first-order valence-electron chi connectivity index (χ1n) is 6.02. The number of aromatic nitrogens is 2. The van der Waals surface area contributed by atoms with Gasteiger partial charge in [-0.1, -0.05) is 11.3 Å². The molecule has 0 radical (unpaired) electrons.